The summed E-state index contributed by atoms with van der Waals surface area (Å²) in [6.07, 6.45) is 3.78. The van der Waals surface area contributed by atoms with Gasteiger partial charge in [0, 0.05) is 11.8 Å². The van der Waals surface area contributed by atoms with Crippen LogP contribution in [0, 0.1) is 11.8 Å². The minimum Gasteiger partial charge on any atom is -0.497 e. The number of carbonyl (C=O) groups excluding carboxylic acids is 3. The fraction of sp³-hybridized carbons (Fsp3) is 0.207. The fourth-order valence-electron chi connectivity index (χ4n) is 6.06. The Kier molecular flexibility index (Phi) is 4.66. The third-order valence-corrected chi connectivity index (χ3v) is 7.72. The average molecular weight is 495 g/mol. The van der Waals surface area contributed by atoms with E-state index < -0.39 is 23.9 Å². The van der Waals surface area contributed by atoms with E-state index in [-0.39, 0.29) is 24.4 Å². The van der Waals surface area contributed by atoms with Crippen molar-refractivity contribution in [2.45, 2.75) is 12.1 Å². The first-order valence-electron chi connectivity index (χ1n) is 12.1. The zero-order chi connectivity index (χ0) is 25.3. The molecule has 4 heterocycles. The van der Waals surface area contributed by atoms with Crippen molar-refractivity contribution in [2.24, 2.45) is 11.8 Å². The second-order valence-electron chi connectivity index (χ2n) is 9.48. The number of imide groups is 1. The van der Waals surface area contributed by atoms with E-state index in [9.17, 15) is 14.4 Å². The molecule has 37 heavy (non-hydrogen) atoms. The highest BCUT2D eigenvalue weighted by molar-refractivity contribution is 6.24. The second-order valence-corrected chi connectivity index (χ2v) is 9.48. The molecule has 184 valence electrons. The van der Waals surface area contributed by atoms with Crippen LogP contribution in [0.1, 0.15) is 27.5 Å². The Morgan fingerprint density at radius 3 is 2.49 bits per heavy atom. The summed E-state index contributed by atoms with van der Waals surface area (Å²) >= 11 is 0. The predicted octanol–water partition coefficient (Wildman–Crippen LogP) is 3.82. The number of rotatable bonds is 4. The van der Waals surface area contributed by atoms with Crippen molar-refractivity contribution in [2.75, 3.05) is 18.8 Å². The van der Waals surface area contributed by atoms with Gasteiger partial charge in [0.2, 0.25) is 18.6 Å². The number of hydrogen-bond acceptors (Lipinski definition) is 7. The third-order valence-electron chi connectivity index (χ3n) is 7.72. The zero-order valence-electron chi connectivity index (χ0n) is 19.9. The number of nitrogens with zero attached hydrogens (tertiary/aromatic N) is 2. The first-order valence-corrected chi connectivity index (χ1v) is 12.1. The van der Waals surface area contributed by atoms with Crippen LogP contribution in [-0.2, 0) is 9.59 Å². The standard InChI is InChI=1S/C29H22N2O6/c1-35-19-9-7-18(8-10-19)31-28(33)23-24(29(31)34)26(27(32)17-6-11-21-22(14-17)37-15-36-21)30-13-12-16-4-2-3-5-20(16)25(23)30/h2-14,23-26H,15H2,1H3/t23-,24+,25+,26-/m0/s1. The van der Waals surface area contributed by atoms with Crippen molar-refractivity contribution in [3.8, 4) is 17.2 Å². The van der Waals surface area contributed by atoms with E-state index in [1.165, 1.54) is 4.90 Å². The summed E-state index contributed by atoms with van der Waals surface area (Å²) in [4.78, 5) is 45.1. The van der Waals surface area contributed by atoms with Crippen molar-refractivity contribution < 1.29 is 28.6 Å². The lowest BCUT2D eigenvalue weighted by Crippen LogP contribution is -2.44. The Morgan fingerprint density at radius 1 is 0.919 bits per heavy atom. The number of carbonyl (C=O) groups is 3. The first kappa shape index (κ1) is 21.7. The maximum atomic E-state index is 14.1. The van der Waals surface area contributed by atoms with Gasteiger partial charge in [-0.3, -0.25) is 14.4 Å². The molecule has 0 radical (unpaired) electrons. The number of methoxy groups -OCH3 is 1. The molecule has 0 aromatic heterocycles. The van der Waals surface area contributed by atoms with E-state index in [0.717, 1.165) is 11.1 Å². The Hall–Kier alpha value is -4.59. The molecule has 0 spiro atoms. The van der Waals surface area contributed by atoms with Crippen LogP contribution in [0.4, 0.5) is 5.69 Å². The second kappa shape index (κ2) is 7.96. The number of ketones is 1. The van der Waals surface area contributed by atoms with Gasteiger partial charge in [0.1, 0.15) is 11.8 Å². The predicted molar refractivity (Wildman–Crippen MR) is 133 cm³/mol. The monoisotopic (exact) mass is 494 g/mol. The number of benzene rings is 3. The molecule has 4 aliphatic heterocycles. The van der Waals surface area contributed by atoms with E-state index in [1.807, 2.05) is 41.4 Å². The fourth-order valence-corrected chi connectivity index (χ4v) is 6.06. The summed E-state index contributed by atoms with van der Waals surface area (Å²) in [6.45, 7) is 0.0959. The highest BCUT2D eigenvalue weighted by Gasteiger charge is 2.64. The van der Waals surface area contributed by atoms with Gasteiger partial charge in [-0.15, -0.1) is 0 Å². The Labute approximate surface area is 212 Å². The summed E-state index contributed by atoms with van der Waals surface area (Å²) in [5, 5.41) is 0. The van der Waals surface area contributed by atoms with Gasteiger partial charge in [-0.2, -0.15) is 0 Å². The molecule has 0 saturated carbocycles. The van der Waals surface area contributed by atoms with Crippen molar-refractivity contribution in [3.05, 3.63) is 89.6 Å². The maximum Gasteiger partial charge on any atom is 0.240 e. The quantitative estimate of drug-likeness (QED) is 0.403. The smallest absolute Gasteiger partial charge is 0.240 e. The molecule has 4 atom stereocenters. The lowest BCUT2D eigenvalue weighted by molar-refractivity contribution is -0.123. The summed E-state index contributed by atoms with van der Waals surface area (Å²) in [5.41, 5.74) is 2.77. The van der Waals surface area contributed by atoms with Crippen LogP contribution in [0.2, 0.25) is 0 Å². The number of amides is 2. The Bertz CT molecular complexity index is 1500. The van der Waals surface area contributed by atoms with Gasteiger partial charge in [0.05, 0.1) is 30.7 Å². The van der Waals surface area contributed by atoms with Crippen LogP contribution in [0.15, 0.2) is 72.9 Å². The molecule has 3 aromatic rings. The van der Waals surface area contributed by atoms with Gasteiger partial charge in [-0.1, -0.05) is 24.3 Å². The summed E-state index contributed by atoms with van der Waals surface area (Å²) in [7, 11) is 1.56. The molecular weight excluding hydrogens is 472 g/mol. The molecule has 0 unspecified atom stereocenters. The number of ether oxygens (including phenoxy) is 3. The van der Waals surface area contributed by atoms with E-state index in [4.69, 9.17) is 14.2 Å². The SMILES string of the molecule is COc1ccc(N2C(=O)[C@@H]3[C@H](C2=O)[C@H]2c4ccccc4C=CN2[C@@H]3C(=O)c2ccc3c(c2)OCO3)cc1. The molecule has 8 heteroatoms. The molecular formula is C29H22N2O6. The molecule has 2 fully saturated rings. The number of hydrogen-bond donors (Lipinski definition) is 0. The van der Waals surface area contributed by atoms with Crippen LogP contribution in [0.25, 0.3) is 6.08 Å². The largest absolute Gasteiger partial charge is 0.497 e. The van der Waals surface area contributed by atoms with Gasteiger partial charge >= 0.3 is 0 Å². The van der Waals surface area contributed by atoms with Gasteiger partial charge in [0.25, 0.3) is 0 Å². The molecule has 0 bridgehead atoms. The number of fused-ring (bicyclic) bond motifs is 6. The van der Waals surface area contributed by atoms with Crippen molar-refractivity contribution in [1.29, 1.82) is 0 Å². The Balaban J connectivity index is 1.34. The summed E-state index contributed by atoms with van der Waals surface area (Å²) in [5.74, 6) is -0.778. The van der Waals surface area contributed by atoms with E-state index in [2.05, 4.69) is 0 Å². The van der Waals surface area contributed by atoms with E-state index >= 15 is 0 Å². The molecule has 2 amide bonds. The van der Waals surface area contributed by atoms with Gasteiger partial charge in [-0.25, -0.2) is 4.90 Å². The van der Waals surface area contributed by atoms with E-state index in [1.54, 1.807) is 49.6 Å². The van der Waals surface area contributed by atoms with Crippen LogP contribution in [-0.4, -0.2) is 42.4 Å². The first-order chi connectivity index (χ1) is 18.1. The maximum absolute atomic E-state index is 14.1. The van der Waals surface area contributed by atoms with E-state index in [0.29, 0.717) is 28.5 Å². The molecule has 8 nitrogen and oxygen atoms in total. The third kappa shape index (κ3) is 3.05. The summed E-state index contributed by atoms with van der Waals surface area (Å²) < 4.78 is 16.1. The minimum atomic E-state index is -0.848. The topological polar surface area (TPSA) is 85.4 Å². The van der Waals surface area contributed by atoms with Crippen LogP contribution in [0.5, 0.6) is 17.2 Å². The average Bonchev–Trinajstić information content (AvgIpc) is 3.61. The lowest BCUT2D eigenvalue weighted by atomic mass is 9.83. The van der Waals surface area contributed by atoms with Crippen LogP contribution < -0.4 is 19.1 Å². The summed E-state index contributed by atoms with van der Waals surface area (Å²) in [6, 6.07) is 18.4. The highest BCUT2D eigenvalue weighted by atomic mass is 16.7. The number of anilines is 1. The highest BCUT2D eigenvalue weighted by Crippen LogP contribution is 2.54. The molecule has 3 aromatic carbocycles. The number of Topliss-reactive ketones (excluding diaryl/α,β-unsaturated/α-hetero) is 1. The normalized spacial score (nSPS) is 24.7. The lowest BCUT2D eigenvalue weighted by Gasteiger charge is -2.35. The minimum absolute atomic E-state index is 0.0959. The van der Waals surface area contributed by atoms with Crippen molar-refractivity contribution in [1.82, 2.24) is 4.90 Å². The van der Waals surface area contributed by atoms with Crippen LogP contribution >= 0.6 is 0 Å². The molecule has 2 saturated heterocycles. The van der Waals surface area contributed by atoms with Gasteiger partial charge < -0.3 is 19.1 Å². The molecule has 0 N–H and O–H groups in total. The van der Waals surface area contributed by atoms with Crippen molar-refractivity contribution >= 4 is 29.4 Å². The van der Waals surface area contributed by atoms with Crippen LogP contribution in [0.3, 0.4) is 0 Å². The molecule has 0 aliphatic carbocycles. The molecule has 7 rings (SSSR count). The molecule has 4 aliphatic rings. The van der Waals surface area contributed by atoms with Gasteiger partial charge in [-0.05, 0) is 59.7 Å². The zero-order valence-corrected chi connectivity index (χ0v) is 19.9. The van der Waals surface area contributed by atoms with Crippen molar-refractivity contribution in [3.63, 3.8) is 0 Å². The Morgan fingerprint density at radius 2 is 1.68 bits per heavy atom. The van der Waals surface area contributed by atoms with Gasteiger partial charge in [0.15, 0.2) is 17.3 Å².